The van der Waals surface area contributed by atoms with Crippen LogP contribution >= 0.6 is 11.6 Å². The standard InChI is InChI=1S/C19H18ClF3N2O/c1-11(24-15-7-5-12-3-2-4-13(12)9-15)18(26)25-17-8-6-14(20)10-16(17)19(21,22)23/h5-11,24H,2-4H2,1H3,(H,25,26). The first kappa shape index (κ1) is 18.6. The van der Waals surface area contributed by atoms with Gasteiger partial charge in [0.1, 0.15) is 6.04 Å². The van der Waals surface area contributed by atoms with Gasteiger partial charge in [-0.2, -0.15) is 13.2 Å². The van der Waals surface area contributed by atoms with Gasteiger partial charge < -0.3 is 10.6 Å². The summed E-state index contributed by atoms with van der Waals surface area (Å²) in [7, 11) is 0. The van der Waals surface area contributed by atoms with Gasteiger partial charge in [-0.15, -0.1) is 0 Å². The van der Waals surface area contributed by atoms with Gasteiger partial charge in [0.05, 0.1) is 11.3 Å². The first-order valence-electron chi connectivity index (χ1n) is 8.30. The lowest BCUT2D eigenvalue weighted by molar-refractivity contribution is -0.137. The van der Waals surface area contributed by atoms with Gasteiger partial charge in [-0.05, 0) is 67.6 Å². The van der Waals surface area contributed by atoms with Gasteiger partial charge in [0.15, 0.2) is 0 Å². The van der Waals surface area contributed by atoms with E-state index in [2.05, 4.69) is 10.6 Å². The van der Waals surface area contributed by atoms with Crippen molar-refractivity contribution in [2.24, 2.45) is 0 Å². The molecule has 26 heavy (non-hydrogen) atoms. The minimum absolute atomic E-state index is 0.0420. The second-order valence-electron chi connectivity index (χ2n) is 6.38. The molecule has 2 N–H and O–H groups in total. The van der Waals surface area contributed by atoms with Crippen LogP contribution in [0, 0.1) is 0 Å². The van der Waals surface area contributed by atoms with Gasteiger partial charge in [0.2, 0.25) is 5.91 Å². The molecule has 1 unspecified atom stereocenters. The molecule has 0 radical (unpaired) electrons. The van der Waals surface area contributed by atoms with Gasteiger partial charge in [0, 0.05) is 10.7 Å². The zero-order valence-electron chi connectivity index (χ0n) is 14.1. The van der Waals surface area contributed by atoms with E-state index in [4.69, 9.17) is 11.6 Å². The fraction of sp³-hybridized carbons (Fsp3) is 0.316. The van der Waals surface area contributed by atoms with Crippen LogP contribution in [-0.2, 0) is 23.8 Å². The summed E-state index contributed by atoms with van der Waals surface area (Å²) in [6.07, 6.45) is -1.43. The molecule has 0 bridgehead atoms. The number of benzene rings is 2. The third-order valence-corrected chi connectivity index (χ3v) is 4.65. The number of anilines is 2. The SMILES string of the molecule is CC(Nc1ccc2c(c1)CCC2)C(=O)Nc1ccc(Cl)cc1C(F)(F)F. The molecule has 1 atom stereocenters. The monoisotopic (exact) mass is 382 g/mol. The third-order valence-electron chi connectivity index (χ3n) is 4.42. The number of nitrogens with one attached hydrogen (secondary N) is 2. The van der Waals surface area contributed by atoms with Crippen LogP contribution in [0.4, 0.5) is 24.5 Å². The summed E-state index contributed by atoms with van der Waals surface area (Å²) < 4.78 is 39.4. The number of fused-ring (bicyclic) bond motifs is 1. The summed E-state index contributed by atoms with van der Waals surface area (Å²) in [5, 5.41) is 5.34. The summed E-state index contributed by atoms with van der Waals surface area (Å²) in [5.74, 6) is -0.557. The quantitative estimate of drug-likeness (QED) is 0.754. The zero-order chi connectivity index (χ0) is 18.9. The largest absolute Gasteiger partial charge is 0.418 e. The average Bonchev–Trinajstić information content (AvgIpc) is 3.03. The summed E-state index contributed by atoms with van der Waals surface area (Å²) in [4.78, 5) is 12.3. The number of carbonyl (C=O) groups is 1. The molecule has 3 nitrogen and oxygen atoms in total. The number of hydrogen-bond acceptors (Lipinski definition) is 2. The Labute approximate surface area is 154 Å². The summed E-state index contributed by atoms with van der Waals surface area (Å²) in [6, 6.07) is 8.47. The Morgan fingerprint density at radius 2 is 1.85 bits per heavy atom. The Bertz CT molecular complexity index is 836. The highest BCUT2D eigenvalue weighted by Crippen LogP contribution is 2.36. The molecule has 0 saturated heterocycles. The molecular formula is C19H18ClF3N2O. The molecule has 0 aliphatic heterocycles. The molecule has 138 valence electrons. The molecule has 0 aromatic heterocycles. The van der Waals surface area contributed by atoms with Crippen molar-refractivity contribution < 1.29 is 18.0 Å². The third kappa shape index (κ3) is 4.12. The van der Waals surface area contributed by atoms with Gasteiger partial charge in [-0.1, -0.05) is 17.7 Å². The summed E-state index contributed by atoms with van der Waals surface area (Å²) in [5.41, 5.74) is 2.06. The van der Waals surface area contributed by atoms with E-state index in [-0.39, 0.29) is 10.7 Å². The Balaban J connectivity index is 1.72. The first-order chi connectivity index (χ1) is 12.2. The Morgan fingerprint density at radius 3 is 2.58 bits per heavy atom. The van der Waals surface area contributed by atoms with Crippen LogP contribution in [0.2, 0.25) is 5.02 Å². The van der Waals surface area contributed by atoms with E-state index in [1.54, 1.807) is 6.92 Å². The van der Waals surface area contributed by atoms with Crippen molar-refractivity contribution in [3.05, 3.63) is 58.1 Å². The van der Waals surface area contributed by atoms with Crippen molar-refractivity contribution in [3.63, 3.8) is 0 Å². The van der Waals surface area contributed by atoms with Gasteiger partial charge in [-0.25, -0.2) is 0 Å². The molecule has 3 rings (SSSR count). The summed E-state index contributed by atoms with van der Waals surface area (Å²) >= 11 is 5.65. The van der Waals surface area contributed by atoms with Crippen LogP contribution < -0.4 is 10.6 Å². The van der Waals surface area contributed by atoms with Crippen LogP contribution in [0.3, 0.4) is 0 Å². The highest BCUT2D eigenvalue weighted by atomic mass is 35.5. The van der Waals surface area contributed by atoms with Crippen LogP contribution in [0.25, 0.3) is 0 Å². The van der Waals surface area contributed by atoms with Crippen molar-refractivity contribution in [2.75, 3.05) is 10.6 Å². The molecule has 7 heteroatoms. The second-order valence-corrected chi connectivity index (χ2v) is 6.82. The van der Waals surface area contributed by atoms with Crippen molar-refractivity contribution in [2.45, 2.75) is 38.4 Å². The average molecular weight is 383 g/mol. The van der Waals surface area contributed by atoms with Gasteiger partial charge in [-0.3, -0.25) is 4.79 Å². The van der Waals surface area contributed by atoms with Crippen molar-refractivity contribution in [1.82, 2.24) is 0 Å². The predicted molar refractivity (Wildman–Crippen MR) is 96.6 cm³/mol. The number of rotatable bonds is 4. The van der Waals surface area contributed by atoms with Crippen LogP contribution in [0.1, 0.15) is 30.0 Å². The number of hydrogen-bond donors (Lipinski definition) is 2. The van der Waals surface area contributed by atoms with E-state index in [0.717, 1.165) is 37.1 Å². The molecule has 2 aromatic carbocycles. The maximum Gasteiger partial charge on any atom is 0.418 e. The number of amides is 1. The first-order valence-corrected chi connectivity index (χ1v) is 8.68. The fourth-order valence-corrected chi connectivity index (χ4v) is 3.25. The lowest BCUT2D eigenvalue weighted by atomic mass is 10.1. The molecule has 1 aliphatic rings. The second kappa shape index (κ2) is 7.19. The van der Waals surface area contributed by atoms with Crippen LogP contribution in [-0.4, -0.2) is 11.9 Å². The van der Waals surface area contributed by atoms with Crippen LogP contribution in [0.5, 0.6) is 0 Å². The maximum atomic E-state index is 13.1. The van der Waals surface area contributed by atoms with E-state index in [1.165, 1.54) is 17.2 Å². The predicted octanol–water partition coefficient (Wildman–Crippen LogP) is 5.29. The maximum absolute atomic E-state index is 13.1. The molecule has 1 aliphatic carbocycles. The smallest absolute Gasteiger partial charge is 0.374 e. The normalized spacial score (nSPS) is 14.7. The molecule has 0 heterocycles. The van der Waals surface area contributed by atoms with Crippen molar-refractivity contribution in [1.29, 1.82) is 0 Å². The zero-order valence-corrected chi connectivity index (χ0v) is 14.8. The minimum Gasteiger partial charge on any atom is -0.374 e. The molecular weight excluding hydrogens is 365 g/mol. The number of halogens is 4. The molecule has 0 saturated carbocycles. The molecule has 0 spiro atoms. The molecule has 2 aromatic rings. The number of alkyl halides is 3. The highest BCUT2D eigenvalue weighted by Gasteiger charge is 2.34. The highest BCUT2D eigenvalue weighted by molar-refractivity contribution is 6.30. The topological polar surface area (TPSA) is 41.1 Å². The molecule has 0 fully saturated rings. The number of carbonyl (C=O) groups excluding carboxylic acids is 1. The van der Waals surface area contributed by atoms with Gasteiger partial charge in [0.25, 0.3) is 0 Å². The Morgan fingerprint density at radius 1 is 1.12 bits per heavy atom. The van der Waals surface area contributed by atoms with Gasteiger partial charge >= 0.3 is 6.18 Å². The van der Waals surface area contributed by atoms with Crippen LogP contribution in [0.15, 0.2) is 36.4 Å². The van der Waals surface area contributed by atoms with E-state index in [0.29, 0.717) is 0 Å². The lowest BCUT2D eigenvalue weighted by Crippen LogP contribution is -2.32. The Hall–Kier alpha value is -2.21. The molecule has 1 amide bonds. The van der Waals surface area contributed by atoms with E-state index in [9.17, 15) is 18.0 Å². The summed E-state index contributed by atoms with van der Waals surface area (Å²) in [6.45, 7) is 1.60. The fourth-order valence-electron chi connectivity index (χ4n) is 3.08. The van der Waals surface area contributed by atoms with Crippen molar-refractivity contribution in [3.8, 4) is 0 Å². The minimum atomic E-state index is -4.61. The van der Waals surface area contributed by atoms with E-state index < -0.39 is 23.7 Å². The van der Waals surface area contributed by atoms with E-state index >= 15 is 0 Å². The number of aryl methyl sites for hydroxylation is 2. The Kier molecular flexibility index (Phi) is 5.14. The lowest BCUT2D eigenvalue weighted by Gasteiger charge is -2.18. The van der Waals surface area contributed by atoms with Crippen molar-refractivity contribution >= 4 is 28.9 Å². The van der Waals surface area contributed by atoms with E-state index in [1.807, 2.05) is 18.2 Å².